The highest BCUT2D eigenvalue weighted by atomic mass is 35.5. The number of thioether (sulfide) groups is 1. The summed E-state index contributed by atoms with van der Waals surface area (Å²) in [5, 5.41) is 0.0985. The quantitative estimate of drug-likeness (QED) is 0.893. The van der Waals surface area contributed by atoms with Crippen LogP contribution in [0, 0.1) is 5.82 Å². The summed E-state index contributed by atoms with van der Waals surface area (Å²) in [5.74, 6) is -0.0621. The van der Waals surface area contributed by atoms with E-state index in [1.54, 1.807) is 6.07 Å². The SMILES string of the molecule is CCC(CC)(Cn1c(N)nc2cc(F)c(Cl)cc21)SC. The van der Waals surface area contributed by atoms with Crippen molar-refractivity contribution in [3.63, 3.8) is 0 Å². The summed E-state index contributed by atoms with van der Waals surface area (Å²) in [6.07, 6.45) is 4.16. The molecule has 0 amide bonds. The van der Waals surface area contributed by atoms with Crippen LogP contribution >= 0.6 is 23.4 Å². The van der Waals surface area contributed by atoms with Gasteiger partial charge in [-0.2, -0.15) is 11.8 Å². The van der Waals surface area contributed by atoms with Crippen LogP contribution in [-0.4, -0.2) is 20.6 Å². The first-order valence-corrected chi connectivity index (χ1v) is 8.22. The van der Waals surface area contributed by atoms with Gasteiger partial charge in [-0.05, 0) is 25.2 Å². The van der Waals surface area contributed by atoms with Crippen molar-refractivity contribution < 1.29 is 4.39 Å². The second kappa shape index (κ2) is 5.82. The summed E-state index contributed by atoms with van der Waals surface area (Å²) < 4.78 is 15.5. The predicted molar refractivity (Wildman–Crippen MR) is 85.9 cm³/mol. The van der Waals surface area contributed by atoms with Gasteiger partial charge in [0.25, 0.3) is 0 Å². The van der Waals surface area contributed by atoms with Gasteiger partial charge in [0.15, 0.2) is 0 Å². The van der Waals surface area contributed by atoms with E-state index in [0.717, 1.165) is 24.9 Å². The van der Waals surface area contributed by atoms with Gasteiger partial charge in [0.2, 0.25) is 5.95 Å². The van der Waals surface area contributed by atoms with E-state index >= 15 is 0 Å². The number of nitrogens with zero attached hydrogens (tertiary/aromatic N) is 2. The van der Waals surface area contributed by atoms with Crippen LogP contribution < -0.4 is 5.73 Å². The second-order valence-electron chi connectivity index (χ2n) is 4.91. The van der Waals surface area contributed by atoms with Gasteiger partial charge in [-0.1, -0.05) is 25.4 Å². The molecule has 0 aliphatic rings. The average molecular weight is 316 g/mol. The molecule has 2 N–H and O–H groups in total. The Morgan fingerprint density at radius 3 is 2.60 bits per heavy atom. The molecule has 110 valence electrons. The molecular formula is C14H19ClFN3S. The van der Waals surface area contributed by atoms with E-state index in [4.69, 9.17) is 17.3 Å². The molecule has 6 heteroatoms. The number of halogens is 2. The van der Waals surface area contributed by atoms with E-state index in [2.05, 4.69) is 25.1 Å². The molecule has 20 heavy (non-hydrogen) atoms. The number of hydrogen-bond acceptors (Lipinski definition) is 3. The summed E-state index contributed by atoms with van der Waals surface area (Å²) in [6.45, 7) is 5.08. The van der Waals surface area contributed by atoms with Crippen molar-refractivity contribution in [2.45, 2.75) is 38.0 Å². The fourth-order valence-electron chi connectivity index (χ4n) is 2.42. The van der Waals surface area contributed by atoms with Crippen molar-refractivity contribution in [1.29, 1.82) is 0 Å². The van der Waals surface area contributed by atoms with E-state index in [1.165, 1.54) is 6.07 Å². The van der Waals surface area contributed by atoms with Crippen molar-refractivity contribution in [2.75, 3.05) is 12.0 Å². The van der Waals surface area contributed by atoms with Gasteiger partial charge in [0.1, 0.15) is 5.82 Å². The molecule has 1 aromatic carbocycles. The van der Waals surface area contributed by atoms with Crippen LogP contribution in [-0.2, 0) is 6.54 Å². The highest BCUT2D eigenvalue weighted by Gasteiger charge is 2.27. The Morgan fingerprint density at radius 2 is 2.05 bits per heavy atom. The first-order chi connectivity index (χ1) is 9.46. The maximum Gasteiger partial charge on any atom is 0.201 e. The predicted octanol–water partition coefficient (Wildman–Crippen LogP) is 4.33. The number of nitrogens with two attached hydrogens (primary N) is 1. The molecule has 0 saturated carbocycles. The zero-order valence-corrected chi connectivity index (χ0v) is 13.5. The number of imidazole rings is 1. The Morgan fingerprint density at radius 1 is 1.40 bits per heavy atom. The van der Waals surface area contributed by atoms with Crippen molar-refractivity contribution in [3.8, 4) is 0 Å². The lowest BCUT2D eigenvalue weighted by Gasteiger charge is -2.30. The van der Waals surface area contributed by atoms with Crippen LogP contribution in [0.1, 0.15) is 26.7 Å². The molecule has 3 nitrogen and oxygen atoms in total. The zero-order chi connectivity index (χ0) is 14.9. The van der Waals surface area contributed by atoms with E-state index in [-0.39, 0.29) is 9.77 Å². The molecule has 2 rings (SSSR count). The van der Waals surface area contributed by atoms with Gasteiger partial charge in [0.05, 0.1) is 16.1 Å². The van der Waals surface area contributed by atoms with E-state index in [0.29, 0.717) is 11.5 Å². The van der Waals surface area contributed by atoms with Crippen LogP contribution in [0.5, 0.6) is 0 Å². The van der Waals surface area contributed by atoms with Gasteiger partial charge in [0, 0.05) is 17.4 Å². The minimum atomic E-state index is -0.467. The Kier molecular flexibility index (Phi) is 4.49. The highest BCUT2D eigenvalue weighted by molar-refractivity contribution is 8.00. The van der Waals surface area contributed by atoms with E-state index in [9.17, 15) is 4.39 Å². The molecule has 0 spiro atoms. The number of nitrogen functional groups attached to an aromatic ring is 1. The number of benzene rings is 1. The minimum Gasteiger partial charge on any atom is -0.369 e. The van der Waals surface area contributed by atoms with Crippen LogP contribution in [0.2, 0.25) is 5.02 Å². The number of anilines is 1. The first-order valence-electron chi connectivity index (χ1n) is 6.62. The Bertz CT molecular complexity index is 614. The molecular weight excluding hydrogens is 297 g/mol. The van der Waals surface area contributed by atoms with Crippen LogP contribution in [0.15, 0.2) is 12.1 Å². The third-order valence-electron chi connectivity index (χ3n) is 3.99. The lowest BCUT2D eigenvalue weighted by Crippen LogP contribution is -2.29. The molecule has 1 aromatic heterocycles. The fraction of sp³-hybridized carbons (Fsp3) is 0.500. The topological polar surface area (TPSA) is 43.8 Å². The molecule has 0 saturated heterocycles. The molecule has 0 aliphatic carbocycles. The molecule has 1 heterocycles. The maximum absolute atomic E-state index is 13.5. The molecule has 0 bridgehead atoms. The van der Waals surface area contributed by atoms with Crippen molar-refractivity contribution in [1.82, 2.24) is 9.55 Å². The van der Waals surface area contributed by atoms with Gasteiger partial charge in [-0.3, -0.25) is 0 Å². The minimum absolute atomic E-state index is 0.0985. The van der Waals surface area contributed by atoms with Gasteiger partial charge in [-0.25, -0.2) is 9.37 Å². The molecule has 2 aromatic rings. The molecule has 0 fully saturated rings. The first kappa shape index (κ1) is 15.4. The van der Waals surface area contributed by atoms with E-state index in [1.807, 2.05) is 16.3 Å². The van der Waals surface area contributed by atoms with Crippen LogP contribution in [0.3, 0.4) is 0 Å². The standard InChI is InChI=1S/C14H19ClFN3S/c1-4-14(5-2,20-3)8-19-12-6-9(15)10(16)7-11(12)18-13(19)17/h6-7H,4-5,8H2,1-3H3,(H2,17,18). The Labute approximate surface area is 127 Å². The van der Waals surface area contributed by atoms with Crippen molar-refractivity contribution in [3.05, 3.63) is 23.0 Å². The number of fused-ring (bicyclic) bond motifs is 1. The molecule has 0 aliphatic heterocycles. The Hall–Kier alpha value is -0.940. The van der Waals surface area contributed by atoms with Crippen molar-refractivity contribution in [2.24, 2.45) is 0 Å². The molecule has 0 unspecified atom stereocenters. The normalized spacial score (nSPS) is 12.2. The van der Waals surface area contributed by atoms with Gasteiger partial charge >= 0.3 is 0 Å². The zero-order valence-electron chi connectivity index (χ0n) is 11.9. The van der Waals surface area contributed by atoms with Crippen molar-refractivity contribution >= 4 is 40.3 Å². The second-order valence-corrected chi connectivity index (χ2v) is 6.59. The summed E-state index contributed by atoms with van der Waals surface area (Å²) in [7, 11) is 0. The average Bonchev–Trinajstić information content (AvgIpc) is 2.72. The molecule has 0 atom stereocenters. The highest BCUT2D eigenvalue weighted by Crippen LogP contribution is 2.35. The summed E-state index contributed by atoms with van der Waals surface area (Å²) >= 11 is 7.71. The van der Waals surface area contributed by atoms with Gasteiger partial charge in [-0.15, -0.1) is 0 Å². The maximum atomic E-state index is 13.5. The van der Waals surface area contributed by atoms with Crippen LogP contribution in [0.4, 0.5) is 10.3 Å². The lowest BCUT2D eigenvalue weighted by atomic mass is 10.0. The lowest BCUT2D eigenvalue weighted by molar-refractivity contribution is 0.476. The largest absolute Gasteiger partial charge is 0.369 e. The van der Waals surface area contributed by atoms with Crippen LogP contribution in [0.25, 0.3) is 11.0 Å². The summed E-state index contributed by atoms with van der Waals surface area (Å²) in [4.78, 5) is 4.23. The van der Waals surface area contributed by atoms with E-state index < -0.39 is 5.82 Å². The number of aromatic nitrogens is 2. The molecule has 0 radical (unpaired) electrons. The fourth-order valence-corrected chi connectivity index (χ4v) is 3.41. The smallest absolute Gasteiger partial charge is 0.201 e. The Balaban J connectivity index is 2.54. The number of rotatable bonds is 5. The van der Waals surface area contributed by atoms with Gasteiger partial charge < -0.3 is 10.3 Å². The third-order valence-corrected chi connectivity index (χ3v) is 5.85. The third kappa shape index (κ3) is 2.61. The number of hydrogen-bond donors (Lipinski definition) is 1. The summed E-state index contributed by atoms with van der Waals surface area (Å²) in [6, 6.07) is 2.94. The summed E-state index contributed by atoms with van der Waals surface area (Å²) in [5.41, 5.74) is 7.34. The monoisotopic (exact) mass is 315 g/mol.